The first kappa shape index (κ1) is 24.5. The van der Waals surface area contributed by atoms with E-state index in [4.69, 9.17) is 38.4 Å². The molecule has 4 aliphatic heterocycles. The highest BCUT2D eigenvalue weighted by Gasteiger charge is 2.60. The molecule has 11 nitrogen and oxygen atoms in total. The van der Waals surface area contributed by atoms with E-state index in [9.17, 15) is 0 Å². The molecule has 204 valence electrons. The third-order valence-corrected chi connectivity index (χ3v) is 7.55. The number of aromatic nitrogens is 3. The number of rotatable bonds is 6. The Morgan fingerprint density at radius 3 is 2.47 bits per heavy atom. The highest BCUT2D eigenvalue weighted by Crippen LogP contribution is 2.44. The van der Waals surface area contributed by atoms with Crippen molar-refractivity contribution in [2.75, 3.05) is 23.4 Å². The van der Waals surface area contributed by atoms with Gasteiger partial charge in [0.1, 0.15) is 31.0 Å². The fraction of sp³-hybridized carbons (Fsp3) is 0.667. The van der Waals surface area contributed by atoms with Crippen LogP contribution in [0, 0.1) is 0 Å². The van der Waals surface area contributed by atoms with Crippen molar-refractivity contribution < 1.29 is 28.4 Å². The maximum absolute atomic E-state index is 6.29. The van der Waals surface area contributed by atoms with Gasteiger partial charge < -0.3 is 38.6 Å². The van der Waals surface area contributed by atoms with Gasteiger partial charge in [-0.3, -0.25) is 0 Å². The molecule has 0 radical (unpaired) electrons. The summed E-state index contributed by atoms with van der Waals surface area (Å²) in [4.78, 5) is 16.2. The topological polar surface area (TPSA) is 109 Å². The van der Waals surface area contributed by atoms with E-state index in [0.717, 1.165) is 32.4 Å². The minimum Gasteiger partial charge on any atom is -0.460 e. The standard InChI is InChI=1S/C27H35N5O6/c1-26(2)35-19-18(34-22-21(20(19)36-26)37-27(3,4)38-22)14-33-25-30-23(28-17-9-10-17)29-24(31-25)32-12-11-15-7-5-6-8-16(15)13-32/h5-8,17-22H,9-14H2,1-4H3,(H,28,29,30,31)/t18-,19+,20+,21-,22-/m1/s1. The predicted octanol–water partition coefficient (Wildman–Crippen LogP) is 2.78. The molecule has 0 unspecified atom stereocenters. The zero-order valence-electron chi connectivity index (χ0n) is 22.3. The number of hydrogen-bond acceptors (Lipinski definition) is 11. The first-order valence-electron chi connectivity index (χ1n) is 13.6. The van der Waals surface area contributed by atoms with Crippen LogP contribution in [0.1, 0.15) is 51.7 Å². The molecular formula is C27H35N5O6. The lowest BCUT2D eigenvalue weighted by molar-refractivity contribution is -0.238. The van der Waals surface area contributed by atoms with Crippen LogP contribution in [0.4, 0.5) is 11.9 Å². The number of ether oxygens (including phenoxy) is 6. The van der Waals surface area contributed by atoms with Gasteiger partial charge in [-0.2, -0.15) is 15.0 Å². The summed E-state index contributed by atoms with van der Waals surface area (Å²) in [6, 6.07) is 9.16. The SMILES string of the molecule is CC1(C)O[C@H]2[C@@H](O1)[C@@H](COc1nc(NC3CC3)nc(N3CCc4ccccc4C3)n1)O[C@@H]1OC(C)(C)O[C@@H]12. The number of anilines is 2. The minimum absolute atomic E-state index is 0.169. The Balaban J connectivity index is 1.11. The highest BCUT2D eigenvalue weighted by molar-refractivity contribution is 5.44. The molecule has 1 N–H and O–H groups in total. The molecular weight excluding hydrogens is 490 g/mol. The highest BCUT2D eigenvalue weighted by atomic mass is 16.9. The van der Waals surface area contributed by atoms with Crippen LogP contribution in [0.2, 0.25) is 0 Å². The van der Waals surface area contributed by atoms with Crippen LogP contribution in [-0.4, -0.2) is 76.4 Å². The normalized spacial score (nSPS) is 32.8. The van der Waals surface area contributed by atoms with E-state index in [2.05, 4.69) is 39.5 Å². The van der Waals surface area contributed by atoms with Crippen molar-refractivity contribution in [1.29, 1.82) is 0 Å². The molecule has 5 aliphatic rings. The second-order valence-electron chi connectivity index (χ2n) is 11.6. The lowest BCUT2D eigenvalue weighted by Gasteiger charge is -2.36. The third-order valence-electron chi connectivity index (χ3n) is 7.55. The van der Waals surface area contributed by atoms with Gasteiger partial charge in [0.25, 0.3) is 0 Å². The molecule has 38 heavy (non-hydrogen) atoms. The van der Waals surface area contributed by atoms with Gasteiger partial charge in [-0.15, -0.1) is 0 Å². The summed E-state index contributed by atoms with van der Waals surface area (Å²) in [5.74, 6) is -0.407. The molecule has 5 atom stereocenters. The summed E-state index contributed by atoms with van der Waals surface area (Å²) in [6.07, 6.45) is 1.03. The average Bonchev–Trinajstić information content (AvgIpc) is 3.54. The minimum atomic E-state index is -0.773. The second-order valence-corrected chi connectivity index (χ2v) is 11.6. The van der Waals surface area contributed by atoms with E-state index in [-0.39, 0.29) is 30.9 Å². The van der Waals surface area contributed by atoms with Gasteiger partial charge in [0.05, 0.1) is 0 Å². The van der Waals surface area contributed by atoms with E-state index < -0.39 is 24.0 Å². The number of nitrogens with zero attached hydrogens (tertiary/aromatic N) is 4. The Labute approximate surface area is 222 Å². The monoisotopic (exact) mass is 525 g/mol. The quantitative estimate of drug-likeness (QED) is 0.601. The molecule has 11 heteroatoms. The molecule has 1 aliphatic carbocycles. The number of benzene rings is 1. The molecule has 1 aromatic heterocycles. The van der Waals surface area contributed by atoms with Gasteiger partial charge in [-0.05, 0) is 58.1 Å². The lowest BCUT2D eigenvalue weighted by Crippen LogP contribution is -2.56. The average molecular weight is 526 g/mol. The molecule has 0 amide bonds. The zero-order valence-corrected chi connectivity index (χ0v) is 22.3. The van der Waals surface area contributed by atoms with E-state index >= 15 is 0 Å². The Morgan fingerprint density at radius 2 is 1.66 bits per heavy atom. The van der Waals surface area contributed by atoms with Crippen LogP contribution < -0.4 is 15.0 Å². The van der Waals surface area contributed by atoms with E-state index in [1.807, 2.05) is 27.7 Å². The Bertz CT molecular complexity index is 1210. The third kappa shape index (κ3) is 4.82. The Kier molecular flexibility index (Phi) is 5.79. The molecule has 2 aromatic rings. The summed E-state index contributed by atoms with van der Waals surface area (Å²) >= 11 is 0. The van der Waals surface area contributed by atoms with Crippen molar-refractivity contribution in [3.63, 3.8) is 0 Å². The maximum Gasteiger partial charge on any atom is 0.323 e. The molecule has 1 aromatic carbocycles. The van der Waals surface area contributed by atoms with Crippen LogP contribution in [0.25, 0.3) is 0 Å². The van der Waals surface area contributed by atoms with Crippen molar-refractivity contribution in [2.24, 2.45) is 0 Å². The van der Waals surface area contributed by atoms with Gasteiger partial charge in [-0.25, -0.2) is 0 Å². The first-order chi connectivity index (χ1) is 18.2. The van der Waals surface area contributed by atoms with E-state index in [1.165, 1.54) is 11.1 Å². The molecule has 4 fully saturated rings. The zero-order chi connectivity index (χ0) is 26.1. The van der Waals surface area contributed by atoms with Gasteiger partial charge >= 0.3 is 6.01 Å². The molecule has 1 saturated carbocycles. The smallest absolute Gasteiger partial charge is 0.323 e. The van der Waals surface area contributed by atoms with Crippen LogP contribution >= 0.6 is 0 Å². The number of fused-ring (bicyclic) bond motifs is 4. The molecule has 3 saturated heterocycles. The van der Waals surface area contributed by atoms with Crippen LogP contribution in [0.15, 0.2) is 24.3 Å². The molecule has 7 rings (SSSR count). The van der Waals surface area contributed by atoms with E-state index in [1.54, 1.807) is 0 Å². The lowest BCUT2D eigenvalue weighted by atomic mass is 9.99. The summed E-state index contributed by atoms with van der Waals surface area (Å²) in [7, 11) is 0. The second kappa shape index (κ2) is 8.99. The summed E-state index contributed by atoms with van der Waals surface area (Å²) in [6.45, 7) is 9.27. The number of nitrogens with one attached hydrogen (secondary N) is 1. The largest absolute Gasteiger partial charge is 0.460 e. The summed E-state index contributed by atoms with van der Waals surface area (Å²) < 4.78 is 37.0. The van der Waals surface area contributed by atoms with Crippen LogP contribution in [0.3, 0.4) is 0 Å². The Morgan fingerprint density at radius 1 is 0.921 bits per heavy atom. The van der Waals surface area contributed by atoms with Crippen molar-refractivity contribution >= 4 is 11.9 Å². The molecule has 5 heterocycles. The van der Waals surface area contributed by atoms with Crippen molar-refractivity contribution in [3.8, 4) is 6.01 Å². The van der Waals surface area contributed by atoms with Gasteiger partial charge in [0.15, 0.2) is 17.9 Å². The maximum atomic E-state index is 6.29. The molecule has 0 bridgehead atoms. The van der Waals surface area contributed by atoms with Crippen molar-refractivity contribution in [3.05, 3.63) is 35.4 Å². The van der Waals surface area contributed by atoms with E-state index in [0.29, 0.717) is 17.9 Å². The molecule has 0 spiro atoms. The fourth-order valence-electron chi connectivity index (χ4n) is 5.68. The fourth-order valence-corrected chi connectivity index (χ4v) is 5.68. The summed E-state index contributed by atoms with van der Waals surface area (Å²) in [5, 5.41) is 3.40. The van der Waals surface area contributed by atoms with Crippen molar-refractivity contribution in [2.45, 2.75) is 102 Å². The first-order valence-corrected chi connectivity index (χ1v) is 13.6. The predicted molar refractivity (Wildman–Crippen MR) is 136 cm³/mol. The van der Waals surface area contributed by atoms with Crippen LogP contribution in [0.5, 0.6) is 6.01 Å². The van der Waals surface area contributed by atoms with Gasteiger partial charge in [-0.1, -0.05) is 24.3 Å². The number of hydrogen-bond donors (Lipinski definition) is 1. The summed E-state index contributed by atoms with van der Waals surface area (Å²) in [5.41, 5.74) is 2.66. The van der Waals surface area contributed by atoms with Crippen molar-refractivity contribution in [1.82, 2.24) is 15.0 Å². The Hall–Kier alpha value is -2.57. The van der Waals surface area contributed by atoms with Gasteiger partial charge in [0, 0.05) is 19.1 Å². The van der Waals surface area contributed by atoms with Gasteiger partial charge in [0.2, 0.25) is 11.9 Å². The van der Waals surface area contributed by atoms with Crippen LogP contribution in [-0.2, 0) is 36.6 Å².